The number of hydrogen-bond donors (Lipinski definition) is 3. The number of benzene rings is 1. The molecule has 0 amide bonds. The van der Waals surface area contributed by atoms with E-state index in [1.54, 1.807) is 14.1 Å². The van der Waals surface area contributed by atoms with Crippen LogP contribution in [0.25, 0.3) is 11.5 Å². The van der Waals surface area contributed by atoms with Crippen molar-refractivity contribution in [2.24, 2.45) is 21.1 Å². The van der Waals surface area contributed by atoms with Gasteiger partial charge in [0.25, 0.3) is 0 Å². The first-order chi connectivity index (χ1) is 16.8. The van der Waals surface area contributed by atoms with E-state index in [9.17, 15) is 0 Å². The molecule has 0 spiro atoms. The number of nitrogens with one attached hydrogen (secondary N) is 3. The fourth-order valence-electron chi connectivity index (χ4n) is 3.93. The molecule has 3 N–H and O–H groups in total. The number of piperidine rings is 1. The van der Waals surface area contributed by atoms with Crippen molar-refractivity contribution in [3.63, 3.8) is 0 Å². The zero-order chi connectivity index (χ0) is 25.4. The van der Waals surface area contributed by atoms with Crippen LogP contribution in [0.1, 0.15) is 36.8 Å². The summed E-state index contributed by atoms with van der Waals surface area (Å²) in [4.78, 5) is 11.1. The molecule has 0 saturated carbocycles. The van der Waals surface area contributed by atoms with Gasteiger partial charge in [0.1, 0.15) is 5.76 Å². The van der Waals surface area contributed by atoms with E-state index in [2.05, 4.69) is 55.3 Å². The SMILES string of the molecule is CN=C([S-])N/N=C(/C(C)=N/NC(=S)NC)C1CCN(Cc2nc(-c3cccc(C)c3)oc2C)CC1.[Cu+]. The van der Waals surface area contributed by atoms with Crippen LogP contribution >= 0.6 is 12.2 Å². The summed E-state index contributed by atoms with van der Waals surface area (Å²) < 4.78 is 5.98. The smallest absolute Gasteiger partial charge is 0.741 e. The van der Waals surface area contributed by atoms with Crippen molar-refractivity contribution in [1.82, 2.24) is 26.1 Å². The van der Waals surface area contributed by atoms with E-state index in [4.69, 9.17) is 34.2 Å². The molecule has 2 heterocycles. The third kappa shape index (κ3) is 8.35. The molecule has 36 heavy (non-hydrogen) atoms. The van der Waals surface area contributed by atoms with E-state index in [0.717, 1.165) is 60.9 Å². The van der Waals surface area contributed by atoms with Gasteiger partial charge in [0.15, 0.2) is 5.11 Å². The summed E-state index contributed by atoms with van der Waals surface area (Å²) >= 11 is 10.3. The molecule has 1 fully saturated rings. The van der Waals surface area contributed by atoms with Crippen molar-refractivity contribution in [3.05, 3.63) is 41.3 Å². The molecular formula is C24H33CuN8OS2. The van der Waals surface area contributed by atoms with Gasteiger partial charge >= 0.3 is 17.1 Å². The van der Waals surface area contributed by atoms with Gasteiger partial charge in [0.2, 0.25) is 5.89 Å². The van der Waals surface area contributed by atoms with Gasteiger partial charge in [-0.1, -0.05) is 17.7 Å². The van der Waals surface area contributed by atoms with Crippen LogP contribution in [0.3, 0.4) is 0 Å². The molecule has 12 heteroatoms. The molecule has 1 aromatic carbocycles. The van der Waals surface area contributed by atoms with Gasteiger partial charge in [-0.3, -0.25) is 20.7 Å². The second-order valence-electron chi connectivity index (χ2n) is 8.47. The van der Waals surface area contributed by atoms with Crippen LogP contribution in [0.15, 0.2) is 43.9 Å². The largest absolute Gasteiger partial charge is 1.00 e. The Morgan fingerprint density at radius 3 is 2.58 bits per heavy atom. The summed E-state index contributed by atoms with van der Waals surface area (Å²) in [6.07, 6.45) is 1.86. The minimum absolute atomic E-state index is 0. The molecule has 9 nitrogen and oxygen atoms in total. The number of rotatable bonds is 7. The first kappa shape index (κ1) is 29.9. The number of hydrazone groups is 2. The van der Waals surface area contributed by atoms with Crippen molar-refractivity contribution in [2.45, 2.75) is 40.2 Å². The van der Waals surface area contributed by atoms with Gasteiger partial charge in [0.05, 0.1) is 17.1 Å². The summed E-state index contributed by atoms with van der Waals surface area (Å²) in [6, 6.07) is 8.22. The number of hydrogen-bond acceptors (Lipinski definition) is 8. The molecular weight excluding hydrogens is 544 g/mol. The Morgan fingerprint density at radius 2 is 1.94 bits per heavy atom. The second kappa shape index (κ2) is 14.4. The maximum absolute atomic E-state index is 5.98. The number of likely N-dealkylation sites (tertiary alicyclic amines) is 1. The Morgan fingerprint density at radius 1 is 1.22 bits per heavy atom. The second-order valence-corrected chi connectivity index (χ2v) is 9.26. The summed E-state index contributed by atoms with van der Waals surface area (Å²) in [5.74, 6) is 1.77. The van der Waals surface area contributed by atoms with Crippen molar-refractivity contribution in [3.8, 4) is 11.5 Å². The first-order valence-corrected chi connectivity index (χ1v) is 12.4. The van der Waals surface area contributed by atoms with Gasteiger partial charge < -0.3 is 22.4 Å². The molecule has 1 aliphatic rings. The summed E-state index contributed by atoms with van der Waals surface area (Å²) in [6.45, 7) is 8.54. The minimum Gasteiger partial charge on any atom is -0.741 e. The number of nitrogens with zero attached hydrogens (tertiary/aromatic N) is 5. The zero-order valence-corrected chi connectivity index (χ0v) is 23.8. The van der Waals surface area contributed by atoms with Crippen LogP contribution in [0.5, 0.6) is 0 Å². The fraction of sp³-hybridized carbons (Fsp3) is 0.458. The number of aromatic nitrogens is 1. The van der Waals surface area contributed by atoms with Crippen LogP contribution in [-0.2, 0) is 36.2 Å². The number of amidine groups is 1. The average Bonchev–Trinajstić information content (AvgIpc) is 3.23. The number of aliphatic imine (C=N–C) groups is 1. The van der Waals surface area contributed by atoms with E-state index in [1.807, 2.05) is 26.0 Å². The average molecular weight is 577 g/mol. The summed E-state index contributed by atoms with van der Waals surface area (Å²) in [5.41, 5.74) is 10.5. The first-order valence-electron chi connectivity index (χ1n) is 11.6. The molecule has 0 radical (unpaired) electrons. The Hall–Kier alpha value is -2.37. The molecule has 198 valence electrons. The third-order valence-electron chi connectivity index (χ3n) is 5.90. The van der Waals surface area contributed by atoms with E-state index in [1.165, 1.54) is 5.56 Å². The fourth-order valence-corrected chi connectivity index (χ4v) is 4.02. The van der Waals surface area contributed by atoms with Crippen molar-refractivity contribution in [1.29, 1.82) is 0 Å². The van der Waals surface area contributed by atoms with Gasteiger partial charge in [0, 0.05) is 32.1 Å². The molecule has 1 saturated heterocycles. The number of oxazole rings is 1. The van der Waals surface area contributed by atoms with E-state index >= 15 is 0 Å². The van der Waals surface area contributed by atoms with Crippen molar-refractivity contribution < 1.29 is 21.5 Å². The van der Waals surface area contributed by atoms with E-state index < -0.39 is 0 Å². The maximum Gasteiger partial charge on any atom is 1.00 e. The predicted molar refractivity (Wildman–Crippen MR) is 149 cm³/mol. The monoisotopic (exact) mass is 576 g/mol. The summed E-state index contributed by atoms with van der Waals surface area (Å²) in [5, 5.41) is 12.6. The zero-order valence-electron chi connectivity index (χ0n) is 21.2. The predicted octanol–water partition coefficient (Wildman–Crippen LogP) is 3.12. The Balaban J connectivity index is 0.00000456. The molecule has 1 aliphatic heterocycles. The molecule has 2 aromatic rings. The standard InChI is InChI=1S/C24H34N8OS2.Cu/c1-15-7-6-8-19(13-15)22-27-20(17(3)33-22)14-32-11-9-18(10-12-32)21(29-31-24(35)26-5)16(2)28-30-23(34)25-4;/h6-8,13,18H,9-12,14H2,1-5H3,(H2,25,30,34)(H2,26,31,35);/q;+1/p-1/b28-16+,29-21-;. The topological polar surface area (TPSA) is 102 Å². The third-order valence-corrected chi connectivity index (χ3v) is 6.47. The molecule has 0 unspecified atom stereocenters. The number of thiocarbonyl (C=S) groups is 1. The quantitative estimate of drug-likeness (QED) is 0.115. The van der Waals surface area contributed by atoms with Gasteiger partial charge in [-0.25, -0.2) is 4.98 Å². The maximum atomic E-state index is 5.98. The summed E-state index contributed by atoms with van der Waals surface area (Å²) in [7, 11) is 3.38. The Kier molecular flexibility index (Phi) is 11.9. The normalized spacial score (nSPS) is 15.9. The molecule has 0 atom stereocenters. The van der Waals surface area contributed by atoms with Crippen LogP contribution < -0.4 is 16.2 Å². The van der Waals surface area contributed by atoms with Crippen molar-refractivity contribution >= 4 is 46.6 Å². The number of aryl methyl sites for hydroxylation is 2. The van der Waals surface area contributed by atoms with Gasteiger partial charge in [-0.2, -0.15) is 10.2 Å². The van der Waals surface area contributed by atoms with Crippen LogP contribution in [0.4, 0.5) is 0 Å². The molecule has 3 rings (SSSR count). The van der Waals surface area contributed by atoms with E-state index in [-0.39, 0.29) is 23.0 Å². The van der Waals surface area contributed by atoms with Crippen molar-refractivity contribution in [2.75, 3.05) is 27.2 Å². The minimum atomic E-state index is 0. The van der Waals surface area contributed by atoms with Gasteiger partial charge in [-0.15, -0.1) is 0 Å². The Bertz CT molecular complexity index is 1120. The van der Waals surface area contributed by atoms with Crippen LogP contribution in [-0.4, -0.2) is 58.8 Å². The van der Waals surface area contributed by atoms with E-state index in [0.29, 0.717) is 16.2 Å². The Labute approximate surface area is 234 Å². The van der Waals surface area contributed by atoms with Crippen LogP contribution in [0, 0.1) is 19.8 Å². The molecule has 0 bridgehead atoms. The molecule has 0 aliphatic carbocycles. The molecule has 1 aromatic heterocycles. The van der Waals surface area contributed by atoms with Gasteiger partial charge in [-0.05, 0) is 76.2 Å². The van der Waals surface area contributed by atoms with Crippen LogP contribution in [0.2, 0.25) is 0 Å².